The summed E-state index contributed by atoms with van der Waals surface area (Å²) in [4.78, 5) is 22.8. The molecule has 0 N–H and O–H groups in total. The molecule has 5 heteroatoms. The van der Waals surface area contributed by atoms with Crippen molar-refractivity contribution in [3.05, 3.63) is 29.3 Å². The molecule has 5 nitrogen and oxygen atoms in total. The van der Waals surface area contributed by atoms with Gasteiger partial charge in [-0.05, 0) is 25.1 Å². The molecule has 1 heterocycles. The molecular weight excluding hydrogens is 248 g/mol. The lowest BCUT2D eigenvalue weighted by Gasteiger charge is -2.23. The van der Waals surface area contributed by atoms with Crippen molar-refractivity contribution in [2.45, 2.75) is 13.0 Å². The summed E-state index contributed by atoms with van der Waals surface area (Å²) < 4.78 is 15.5. The van der Waals surface area contributed by atoms with Gasteiger partial charge in [0.2, 0.25) is 6.10 Å². The summed E-state index contributed by atoms with van der Waals surface area (Å²) in [5.74, 6) is 0.529. The van der Waals surface area contributed by atoms with Gasteiger partial charge in [-0.15, -0.1) is 0 Å². The van der Waals surface area contributed by atoms with Gasteiger partial charge in [0.1, 0.15) is 17.8 Å². The predicted octanol–water partition coefficient (Wildman–Crippen LogP) is 1.60. The highest BCUT2D eigenvalue weighted by Crippen LogP contribution is 2.32. The van der Waals surface area contributed by atoms with Crippen molar-refractivity contribution < 1.29 is 23.8 Å². The molecule has 2 rings (SSSR count). The normalized spacial score (nSPS) is 16.7. The Kier molecular flexibility index (Phi) is 3.85. The van der Waals surface area contributed by atoms with Gasteiger partial charge >= 0.3 is 5.97 Å². The molecule has 0 amide bonds. The van der Waals surface area contributed by atoms with Crippen LogP contribution >= 0.6 is 0 Å². The lowest BCUT2D eigenvalue weighted by atomic mass is 10.0. The SMILES string of the molecule is CCOC(=O)C1Oc2cc(OC)ccc2C=C1C=O. The standard InChI is InChI=1S/C14H14O5/c1-3-18-14(16)13-10(8-15)6-9-4-5-11(17-2)7-12(9)19-13/h4-8,13H,3H2,1-2H3. The highest BCUT2D eigenvalue weighted by Gasteiger charge is 2.30. The number of rotatable bonds is 4. The smallest absolute Gasteiger partial charge is 0.352 e. The Labute approximate surface area is 110 Å². The first-order chi connectivity index (χ1) is 9.19. The number of carbonyl (C=O) groups is 2. The molecule has 0 radical (unpaired) electrons. The molecule has 0 bridgehead atoms. The van der Waals surface area contributed by atoms with E-state index in [9.17, 15) is 9.59 Å². The van der Waals surface area contributed by atoms with E-state index in [0.717, 1.165) is 5.56 Å². The second kappa shape index (κ2) is 5.56. The highest BCUT2D eigenvalue weighted by atomic mass is 16.6. The molecular formula is C14H14O5. The third-order valence-corrected chi connectivity index (χ3v) is 2.73. The fourth-order valence-corrected chi connectivity index (χ4v) is 1.81. The van der Waals surface area contributed by atoms with Crippen LogP contribution in [0.25, 0.3) is 6.08 Å². The van der Waals surface area contributed by atoms with Crippen LogP contribution in [0.2, 0.25) is 0 Å². The second-order valence-corrected chi connectivity index (χ2v) is 3.92. The Balaban J connectivity index is 2.36. The quantitative estimate of drug-likeness (QED) is 0.609. The number of carbonyl (C=O) groups excluding carboxylic acids is 2. The van der Waals surface area contributed by atoms with Crippen molar-refractivity contribution >= 4 is 18.3 Å². The minimum absolute atomic E-state index is 0.232. The van der Waals surface area contributed by atoms with Crippen molar-refractivity contribution in [3.63, 3.8) is 0 Å². The zero-order chi connectivity index (χ0) is 13.8. The monoisotopic (exact) mass is 262 g/mol. The molecule has 1 atom stereocenters. The van der Waals surface area contributed by atoms with Gasteiger partial charge in [-0.1, -0.05) is 0 Å². The largest absolute Gasteiger partial charge is 0.497 e. The van der Waals surface area contributed by atoms with Crippen molar-refractivity contribution in [3.8, 4) is 11.5 Å². The summed E-state index contributed by atoms with van der Waals surface area (Å²) in [5.41, 5.74) is 0.972. The lowest BCUT2D eigenvalue weighted by Crippen LogP contribution is -2.33. The fraction of sp³-hybridized carbons (Fsp3) is 0.286. The van der Waals surface area contributed by atoms with Crippen molar-refractivity contribution in [2.24, 2.45) is 0 Å². The zero-order valence-corrected chi connectivity index (χ0v) is 10.7. The second-order valence-electron chi connectivity index (χ2n) is 3.92. The zero-order valence-electron chi connectivity index (χ0n) is 10.7. The van der Waals surface area contributed by atoms with Gasteiger partial charge in [0, 0.05) is 17.2 Å². The Bertz CT molecular complexity index is 533. The van der Waals surface area contributed by atoms with Crippen LogP contribution < -0.4 is 9.47 Å². The van der Waals surface area contributed by atoms with Gasteiger partial charge in [0.25, 0.3) is 0 Å². The van der Waals surface area contributed by atoms with Gasteiger partial charge in [-0.2, -0.15) is 0 Å². The number of aldehydes is 1. The Morgan fingerprint density at radius 3 is 2.89 bits per heavy atom. The first kappa shape index (κ1) is 13.1. The number of benzene rings is 1. The van der Waals surface area contributed by atoms with Crippen LogP contribution in [0.3, 0.4) is 0 Å². The van der Waals surface area contributed by atoms with Gasteiger partial charge < -0.3 is 14.2 Å². The van der Waals surface area contributed by atoms with Crippen molar-refractivity contribution in [1.29, 1.82) is 0 Å². The molecule has 1 aromatic carbocycles. The molecule has 19 heavy (non-hydrogen) atoms. The van der Waals surface area contributed by atoms with E-state index >= 15 is 0 Å². The van der Waals surface area contributed by atoms with E-state index in [1.807, 2.05) is 0 Å². The summed E-state index contributed by atoms with van der Waals surface area (Å²) in [6.45, 7) is 1.93. The topological polar surface area (TPSA) is 61.8 Å². The minimum Gasteiger partial charge on any atom is -0.497 e. The molecule has 0 saturated carbocycles. The highest BCUT2D eigenvalue weighted by molar-refractivity contribution is 5.95. The van der Waals surface area contributed by atoms with E-state index in [1.165, 1.54) is 0 Å². The van der Waals surface area contributed by atoms with Crippen molar-refractivity contribution in [2.75, 3.05) is 13.7 Å². The van der Waals surface area contributed by atoms with E-state index in [1.54, 1.807) is 38.3 Å². The summed E-state index contributed by atoms with van der Waals surface area (Å²) in [5, 5.41) is 0. The predicted molar refractivity (Wildman–Crippen MR) is 68.1 cm³/mol. The summed E-state index contributed by atoms with van der Waals surface area (Å²) in [6.07, 6.45) is 1.21. The van der Waals surface area contributed by atoms with E-state index in [2.05, 4.69) is 0 Å². The van der Waals surface area contributed by atoms with Crippen LogP contribution in [-0.2, 0) is 14.3 Å². The molecule has 1 aliphatic heterocycles. The number of fused-ring (bicyclic) bond motifs is 1. The van der Waals surface area contributed by atoms with E-state index in [0.29, 0.717) is 17.8 Å². The van der Waals surface area contributed by atoms with Crippen molar-refractivity contribution in [1.82, 2.24) is 0 Å². The first-order valence-corrected chi connectivity index (χ1v) is 5.87. The molecule has 1 unspecified atom stereocenters. The third kappa shape index (κ3) is 2.59. The molecule has 0 fully saturated rings. The Hall–Kier alpha value is -2.30. The summed E-state index contributed by atoms with van der Waals surface area (Å²) in [7, 11) is 1.54. The van der Waals surface area contributed by atoms with Gasteiger partial charge in [0.15, 0.2) is 0 Å². The van der Waals surface area contributed by atoms with Gasteiger partial charge in [-0.3, -0.25) is 4.79 Å². The van der Waals surface area contributed by atoms with Crippen LogP contribution in [-0.4, -0.2) is 32.1 Å². The summed E-state index contributed by atoms with van der Waals surface area (Å²) >= 11 is 0. The fourth-order valence-electron chi connectivity index (χ4n) is 1.81. The number of methoxy groups -OCH3 is 1. The maximum absolute atomic E-state index is 11.8. The third-order valence-electron chi connectivity index (χ3n) is 2.73. The summed E-state index contributed by atoms with van der Waals surface area (Å²) in [6, 6.07) is 5.19. The molecule has 1 aliphatic rings. The van der Waals surface area contributed by atoms with E-state index in [-0.39, 0.29) is 12.2 Å². The average molecular weight is 262 g/mol. The van der Waals surface area contributed by atoms with E-state index < -0.39 is 12.1 Å². The van der Waals surface area contributed by atoms with Crippen LogP contribution in [0.5, 0.6) is 11.5 Å². The number of esters is 1. The van der Waals surface area contributed by atoms with Crippen LogP contribution in [0.1, 0.15) is 12.5 Å². The molecule has 0 spiro atoms. The maximum atomic E-state index is 11.8. The van der Waals surface area contributed by atoms with Crippen LogP contribution in [0.4, 0.5) is 0 Å². The molecule has 0 aromatic heterocycles. The minimum atomic E-state index is -1.02. The number of hydrogen-bond donors (Lipinski definition) is 0. The number of ether oxygens (including phenoxy) is 3. The van der Waals surface area contributed by atoms with Crippen LogP contribution in [0.15, 0.2) is 23.8 Å². The van der Waals surface area contributed by atoms with Gasteiger partial charge in [0.05, 0.1) is 13.7 Å². The van der Waals surface area contributed by atoms with Gasteiger partial charge in [-0.25, -0.2) is 4.79 Å². The molecule has 0 saturated heterocycles. The maximum Gasteiger partial charge on any atom is 0.352 e. The molecule has 0 aliphatic carbocycles. The molecule has 100 valence electrons. The lowest BCUT2D eigenvalue weighted by molar-refractivity contribution is -0.150. The molecule has 1 aromatic rings. The number of hydrogen-bond acceptors (Lipinski definition) is 5. The average Bonchev–Trinajstić information content (AvgIpc) is 2.45. The van der Waals surface area contributed by atoms with Crippen LogP contribution in [0, 0.1) is 0 Å². The Morgan fingerprint density at radius 1 is 1.47 bits per heavy atom. The van der Waals surface area contributed by atoms with E-state index in [4.69, 9.17) is 14.2 Å². The Morgan fingerprint density at radius 2 is 2.26 bits per heavy atom. The first-order valence-electron chi connectivity index (χ1n) is 5.87.